The highest BCUT2D eigenvalue weighted by molar-refractivity contribution is 7.57. The van der Waals surface area contributed by atoms with Crippen molar-refractivity contribution in [3.8, 4) is 0 Å². The van der Waals surface area contributed by atoms with Crippen molar-refractivity contribution < 1.29 is 18.1 Å². The van der Waals surface area contributed by atoms with E-state index in [9.17, 15) is 0 Å². The molecule has 1 spiro atoms. The SMILES string of the molecule is CC1(C)O[P+]2(OCC(c3ccccc3)O2)OC1(C)C. The molecule has 4 nitrogen and oxygen atoms in total. The number of hydrogen-bond acceptors (Lipinski definition) is 4. The fraction of sp³-hybridized carbons (Fsp3) is 0.571. The van der Waals surface area contributed by atoms with Crippen molar-refractivity contribution in [2.75, 3.05) is 6.61 Å². The van der Waals surface area contributed by atoms with Crippen molar-refractivity contribution in [2.45, 2.75) is 45.0 Å². The van der Waals surface area contributed by atoms with Gasteiger partial charge in [0.1, 0.15) is 17.8 Å². The van der Waals surface area contributed by atoms with Crippen molar-refractivity contribution in [3.63, 3.8) is 0 Å². The van der Waals surface area contributed by atoms with E-state index in [1.807, 2.05) is 58.0 Å². The van der Waals surface area contributed by atoms with Crippen molar-refractivity contribution in [2.24, 2.45) is 0 Å². The summed E-state index contributed by atoms with van der Waals surface area (Å²) in [6.07, 6.45) is -0.112. The van der Waals surface area contributed by atoms with Crippen LogP contribution < -0.4 is 0 Å². The molecule has 104 valence electrons. The van der Waals surface area contributed by atoms with Gasteiger partial charge in [-0.05, 0) is 33.3 Å². The molecule has 2 heterocycles. The molecule has 1 aromatic carbocycles. The van der Waals surface area contributed by atoms with Crippen LogP contribution in [0.3, 0.4) is 0 Å². The van der Waals surface area contributed by atoms with Crippen LogP contribution >= 0.6 is 8.17 Å². The molecule has 2 fully saturated rings. The van der Waals surface area contributed by atoms with Crippen LogP contribution in [0.25, 0.3) is 0 Å². The molecule has 0 saturated carbocycles. The van der Waals surface area contributed by atoms with Crippen LogP contribution in [0.1, 0.15) is 39.4 Å². The van der Waals surface area contributed by atoms with Gasteiger partial charge in [0, 0.05) is 0 Å². The lowest BCUT2D eigenvalue weighted by Gasteiger charge is -2.23. The van der Waals surface area contributed by atoms with Gasteiger partial charge in [-0.3, -0.25) is 0 Å². The molecule has 2 aliphatic rings. The number of rotatable bonds is 1. The molecule has 1 unspecified atom stereocenters. The second-order valence-electron chi connectivity index (χ2n) is 5.95. The fourth-order valence-electron chi connectivity index (χ4n) is 2.09. The summed E-state index contributed by atoms with van der Waals surface area (Å²) in [5.41, 5.74) is 0.243. The Morgan fingerprint density at radius 1 is 1.00 bits per heavy atom. The quantitative estimate of drug-likeness (QED) is 0.728. The van der Waals surface area contributed by atoms with Gasteiger partial charge < -0.3 is 0 Å². The van der Waals surface area contributed by atoms with E-state index in [0.29, 0.717) is 6.61 Å². The van der Waals surface area contributed by atoms with Crippen LogP contribution in [0, 0.1) is 0 Å². The summed E-state index contributed by atoms with van der Waals surface area (Å²) >= 11 is 0. The van der Waals surface area contributed by atoms with Crippen LogP contribution in [0.15, 0.2) is 30.3 Å². The minimum Gasteiger partial charge on any atom is -0.150 e. The molecule has 1 aromatic rings. The molecule has 5 heteroatoms. The maximum absolute atomic E-state index is 6.01. The van der Waals surface area contributed by atoms with Gasteiger partial charge in [-0.2, -0.15) is 0 Å². The Labute approximate surface area is 114 Å². The Kier molecular flexibility index (Phi) is 3.01. The zero-order valence-corrected chi connectivity index (χ0v) is 12.6. The van der Waals surface area contributed by atoms with E-state index in [-0.39, 0.29) is 6.10 Å². The smallest absolute Gasteiger partial charge is 0.150 e. The second kappa shape index (κ2) is 4.24. The third-order valence-electron chi connectivity index (χ3n) is 3.94. The van der Waals surface area contributed by atoms with E-state index in [0.717, 1.165) is 5.56 Å². The summed E-state index contributed by atoms with van der Waals surface area (Å²) in [5.74, 6) is 0. The molecule has 2 saturated heterocycles. The lowest BCUT2D eigenvalue weighted by Crippen LogP contribution is -2.41. The van der Waals surface area contributed by atoms with Gasteiger partial charge in [-0.15, -0.1) is 18.1 Å². The highest BCUT2D eigenvalue weighted by Crippen LogP contribution is 2.78. The summed E-state index contributed by atoms with van der Waals surface area (Å²) in [7, 11) is -2.66. The van der Waals surface area contributed by atoms with Crippen LogP contribution in [-0.2, 0) is 18.1 Å². The molecular formula is C14H20O4P+. The summed E-state index contributed by atoms with van der Waals surface area (Å²) in [6.45, 7) is 8.49. The van der Waals surface area contributed by atoms with E-state index in [1.165, 1.54) is 0 Å². The molecule has 0 N–H and O–H groups in total. The van der Waals surface area contributed by atoms with Crippen molar-refractivity contribution in [1.82, 2.24) is 0 Å². The van der Waals surface area contributed by atoms with Crippen molar-refractivity contribution >= 4 is 8.17 Å². The van der Waals surface area contributed by atoms with Crippen molar-refractivity contribution in [3.05, 3.63) is 35.9 Å². The van der Waals surface area contributed by atoms with E-state index < -0.39 is 19.4 Å². The Morgan fingerprint density at radius 3 is 2.16 bits per heavy atom. The molecule has 1 atom stereocenters. The van der Waals surface area contributed by atoms with Gasteiger partial charge in [-0.1, -0.05) is 30.3 Å². The molecule has 0 radical (unpaired) electrons. The predicted octanol–water partition coefficient (Wildman–Crippen LogP) is 4.06. The van der Waals surface area contributed by atoms with Gasteiger partial charge in [-0.25, -0.2) is 0 Å². The monoisotopic (exact) mass is 283 g/mol. The van der Waals surface area contributed by atoms with Crippen molar-refractivity contribution in [1.29, 1.82) is 0 Å². The number of benzene rings is 1. The van der Waals surface area contributed by atoms with Crippen LogP contribution in [0.4, 0.5) is 0 Å². The third-order valence-corrected chi connectivity index (χ3v) is 6.28. The van der Waals surface area contributed by atoms with E-state index in [1.54, 1.807) is 0 Å². The third kappa shape index (κ3) is 2.22. The maximum atomic E-state index is 6.01. The highest BCUT2D eigenvalue weighted by atomic mass is 31.2. The minimum absolute atomic E-state index is 0.112. The van der Waals surface area contributed by atoms with E-state index >= 15 is 0 Å². The Hall–Kier alpha value is -0.510. The zero-order chi connectivity index (χ0) is 13.7. The van der Waals surface area contributed by atoms with Crippen LogP contribution in [-0.4, -0.2) is 17.8 Å². The molecule has 0 aromatic heterocycles. The minimum atomic E-state index is -2.66. The van der Waals surface area contributed by atoms with Gasteiger partial charge in [0.25, 0.3) is 0 Å². The molecule has 0 bridgehead atoms. The average Bonchev–Trinajstić information content (AvgIpc) is 2.79. The highest BCUT2D eigenvalue weighted by Gasteiger charge is 2.73. The topological polar surface area (TPSA) is 36.9 Å². The average molecular weight is 283 g/mol. The molecule has 0 amide bonds. The van der Waals surface area contributed by atoms with E-state index in [2.05, 4.69) is 0 Å². The molecular weight excluding hydrogens is 263 g/mol. The molecule has 3 rings (SSSR count). The first-order valence-corrected chi connectivity index (χ1v) is 7.98. The summed E-state index contributed by atoms with van der Waals surface area (Å²) in [6, 6.07) is 10.0. The Balaban J connectivity index is 1.80. The maximum Gasteiger partial charge on any atom is 0.577 e. The standard InChI is InChI=1S/C14H20O4P/c1-13(2)14(3,4)18-19(17-13)15-10-12(16-19)11-8-6-5-7-9-11/h5-9,12H,10H2,1-4H3/q+1. The Morgan fingerprint density at radius 2 is 1.58 bits per heavy atom. The summed E-state index contributed by atoms with van der Waals surface area (Å²) in [5, 5.41) is 0. The largest absolute Gasteiger partial charge is 0.577 e. The lowest BCUT2D eigenvalue weighted by molar-refractivity contribution is 0.00578. The molecule has 19 heavy (non-hydrogen) atoms. The van der Waals surface area contributed by atoms with Crippen LogP contribution in [0.5, 0.6) is 0 Å². The summed E-state index contributed by atoms with van der Waals surface area (Å²) in [4.78, 5) is 0. The Bertz CT molecular complexity index is 456. The lowest BCUT2D eigenvalue weighted by atomic mass is 9.90. The molecule has 2 aliphatic heterocycles. The molecule has 0 aliphatic carbocycles. The van der Waals surface area contributed by atoms with Crippen LogP contribution in [0.2, 0.25) is 0 Å². The van der Waals surface area contributed by atoms with Gasteiger partial charge in [0.05, 0.1) is 0 Å². The predicted molar refractivity (Wildman–Crippen MR) is 73.5 cm³/mol. The second-order valence-corrected chi connectivity index (χ2v) is 7.68. The summed E-state index contributed by atoms with van der Waals surface area (Å²) < 4.78 is 23.8. The normalized spacial score (nSPS) is 30.8. The van der Waals surface area contributed by atoms with Gasteiger partial charge in [0.15, 0.2) is 6.10 Å². The first kappa shape index (κ1) is 13.5. The van der Waals surface area contributed by atoms with E-state index in [4.69, 9.17) is 18.1 Å². The first-order chi connectivity index (χ1) is 8.84. The fourth-order valence-corrected chi connectivity index (χ4v) is 4.75. The first-order valence-electron chi connectivity index (χ1n) is 6.52. The van der Waals surface area contributed by atoms with Gasteiger partial charge >= 0.3 is 8.17 Å². The zero-order valence-electron chi connectivity index (χ0n) is 11.8. The van der Waals surface area contributed by atoms with Gasteiger partial charge in [0.2, 0.25) is 0 Å². The number of hydrogen-bond donors (Lipinski definition) is 0.